The van der Waals surface area contributed by atoms with Crippen molar-refractivity contribution < 1.29 is 0 Å². The first kappa shape index (κ1) is 10.7. The maximum atomic E-state index is 5.92. The molecule has 1 fully saturated rings. The number of nitrogens with zero attached hydrogens (tertiary/aromatic N) is 2. The second kappa shape index (κ2) is 4.00. The highest BCUT2D eigenvalue weighted by Crippen LogP contribution is 2.39. The van der Waals surface area contributed by atoms with E-state index in [2.05, 4.69) is 39.8 Å². The molecule has 1 heterocycles. The number of pyridine rings is 1. The zero-order valence-corrected chi connectivity index (χ0v) is 10.7. The zero-order valence-electron chi connectivity index (χ0n) is 9.07. The van der Waals surface area contributed by atoms with Gasteiger partial charge in [-0.05, 0) is 40.3 Å². The maximum absolute atomic E-state index is 5.92. The lowest BCUT2D eigenvalue weighted by Gasteiger charge is -2.19. The Labute approximate surface area is 98.8 Å². The fourth-order valence-electron chi connectivity index (χ4n) is 1.86. The number of rotatable bonds is 3. The third-order valence-electron chi connectivity index (χ3n) is 3.01. The molecule has 1 saturated carbocycles. The molecule has 1 aliphatic carbocycles. The Bertz CT molecular complexity index is 367. The van der Waals surface area contributed by atoms with Crippen LogP contribution in [-0.4, -0.2) is 18.6 Å². The molecular weight excluding hydrogens is 254 g/mol. The van der Waals surface area contributed by atoms with Crippen LogP contribution in [-0.2, 0) is 0 Å². The first-order valence-electron chi connectivity index (χ1n) is 5.20. The van der Waals surface area contributed by atoms with E-state index in [-0.39, 0.29) is 0 Å². The normalized spacial score (nSPS) is 23.9. The molecule has 0 radical (unpaired) electrons. The maximum Gasteiger partial charge on any atom is 0.151 e. The number of hydrogen-bond acceptors (Lipinski definition) is 3. The monoisotopic (exact) mass is 269 g/mol. The number of aromatic nitrogens is 1. The van der Waals surface area contributed by atoms with Crippen LogP contribution in [0.3, 0.4) is 0 Å². The molecule has 3 nitrogen and oxygen atoms in total. The highest BCUT2D eigenvalue weighted by atomic mass is 79.9. The van der Waals surface area contributed by atoms with E-state index in [1.807, 2.05) is 6.07 Å². The minimum absolute atomic E-state index is 0.736. The van der Waals surface area contributed by atoms with E-state index in [0.29, 0.717) is 0 Å². The van der Waals surface area contributed by atoms with Gasteiger partial charge in [0.25, 0.3) is 0 Å². The molecule has 0 aliphatic heterocycles. The number of anilines is 2. The summed E-state index contributed by atoms with van der Waals surface area (Å²) in [4.78, 5) is 6.49. The van der Waals surface area contributed by atoms with Crippen LogP contribution in [0.2, 0.25) is 0 Å². The molecule has 0 bridgehead atoms. The van der Waals surface area contributed by atoms with E-state index >= 15 is 0 Å². The van der Waals surface area contributed by atoms with E-state index in [9.17, 15) is 0 Å². The first-order valence-corrected chi connectivity index (χ1v) is 5.99. The molecule has 1 aliphatic rings. The fourth-order valence-corrected chi connectivity index (χ4v) is 2.21. The Morgan fingerprint density at radius 3 is 2.87 bits per heavy atom. The lowest BCUT2D eigenvalue weighted by Crippen LogP contribution is -2.22. The molecule has 0 aromatic carbocycles. The van der Waals surface area contributed by atoms with E-state index in [4.69, 9.17) is 5.73 Å². The molecule has 4 heteroatoms. The summed E-state index contributed by atoms with van der Waals surface area (Å²) in [5, 5.41) is 0. The first-order chi connectivity index (χ1) is 7.08. The summed E-state index contributed by atoms with van der Waals surface area (Å²) >= 11 is 3.36. The van der Waals surface area contributed by atoms with E-state index in [1.54, 1.807) is 6.20 Å². The summed E-state index contributed by atoms with van der Waals surface area (Å²) in [6, 6.07) is 1.90. The van der Waals surface area contributed by atoms with E-state index < -0.39 is 0 Å². The molecular formula is C11H16BrN3. The Morgan fingerprint density at radius 1 is 1.67 bits per heavy atom. The van der Waals surface area contributed by atoms with Crippen molar-refractivity contribution in [2.75, 3.05) is 24.2 Å². The molecule has 0 amide bonds. The molecule has 1 aromatic heterocycles. The van der Waals surface area contributed by atoms with Crippen LogP contribution in [0.4, 0.5) is 11.5 Å². The molecule has 1 aromatic rings. The van der Waals surface area contributed by atoms with Crippen molar-refractivity contribution in [3.8, 4) is 0 Å². The minimum atomic E-state index is 0.736. The molecule has 2 rings (SSSR count). The van der Waals surface area contributed by atoms with Crippen molar-refractivity contribution >= 4 is 27.4 Å². The van der Waals surface area contributed by atoms with Gasteiger partial charge in [-0.3, -0.25) is 0 Å². The number of hydrogen-bond donors (Lipinski definition) is 1. The van der Waals surface area contributed by atoms with Crippen LogP contribution in [0.25, 0.3) is 0 Å². The summed E-state index contributed by atoms with van der Waals surface area (Å²) in [7, 11) is 2.05. The molecule has 2 N–H and O–H groups in total. The van der Waals surface area contributed by atoms with Crippen molar-refractivity contribution in [2.24, 2.45) is 11.8 Å². The third-order valence-corrected chi connectivity index (χ3v) is 3.44. The topological polar surface area (TPSA) is 42.2 Å². The number of nitrogen functional groups attached to an aromatic ring is 1. The van der Waals surface area contributed by atoms with Crippen LogP contribution in [0, 0.1) is 11.8 Å². The minimum Gasteiger partial charge on any atom is -0.396 e. The summed E-state index contributed by atoms with van der Waals surface area (Å²) in [5.41, 5.74) is 6.66. The molecule has 0 spiro atoms. The highest BCUT2D eigenvalue weighted by Gasteiger charge is 2.33. The quantitative estimate of drug-likeness (QED) is 0.917. The predicted octanol–water partition coefficient (Wildman–Crippen LogP) is 2.52. The highest BCUT2D eigenvalue weighted by molar-refractivity contribution is 9.10. The summed E-state index contributed by atoms with van der Waals surface area (Å²) < 4.78 is 0.928. The van der Waals surface area contributed by atoms with E-state index in [1.165, 1.54) is 6.42 Å². The molecule has 2 atom stereocenters. The van der Waals surface area contributed by atoms with Crippen molar-refractivity contribution in [3.63, 3.8) is 0 Å². The van der Waals surface area contributed by atoms with Crippen LogP contribution in [0.15, 0.2) is 16.7 Å². The van der Waals surface area contributed by atoms with E-state index in [0.717, 1.165) is 34.4 Å². The second-order valence-corrected chi connectivity index (χ2v) is 5.34. The van der Waals surface area contributed by atoms with Crippen molar-refractivity contribution in [1.82, 2.24) is 4.98 Å². The average Bonchev–Trinajstić information content (AvgIpc) is 2.81. The van der Waals surface area contributed by atoms with Gasteiger partial charge in [-0.15, -0.1) is 0 Å². The Kier molecular flexibility index (Phi) is 2.87. The van der Waals surface area contributed by atoms with Crippen molar-refractivity contribution in [2.45, 2.75) is 13.3 Å². The van der Waals surface area contributed by atoms with Gasteiger partial charge in [0.1, 0.15) is 0 Å². The lowest BCUT2D eigenvalue weighted by molar-refractivity contribution is 0.720. The van der Waals surface area contributed by atoms with Gasteiger partial charge in [0, 0.05) is 24.3 Å². The standard InChI is InChI=1S/C11H16BrN3/c1-7-3-8(7)6-15(2)11-10(13)4-9(12)5-14-11/h4-5,7-8H,3,6,13H2,1-2H3. The van der Waals surface area contributed by atoms with Gasteiger partial charge in [-0.2, -0.15) is 0 Å². The number of nitrogens with two attached hydrogens (primary N) is 1. The summed E-state index contributed by atoms with van der Waals surface area (Å²) in [5.74, 6) is 2.57. The Morgan fingerprint density at radius 2 is 2.33 bits per heavy atom. The molecule has 0 saturated heterocycles. The van der Waals surface area contributed by atoms with Crippen molar-refractivity contribution in [3.05, 3.63) is 16.7 Å². The van der Waals surface area contributed by atoms with Gasteiger partial charge in [0.05, 0.1) is 5.69 Å². The van der Waals surface area contributed by atoms with Crippen molar-refractivity contribution in [1.29, 1.82) is 0 Å². The van der Waals surface area contributed by atoms with Gasteiger partial charge in [-0.25, -0.2) is 4.98 Å². The largest absolute Gasteiger partial charge is 0.396 e. The molecule has 2 unspecified atom stereocenters. The molecule has 82 valence electrons. The van der Waals surface area contributed by atoms with Gasteiger partial charge in [-0.1, -0.05) is 6.92 Å². The summed E-state index contributed by atoms with van der Waals surface area (Å²) in [6.45, 7) is 3.34. The van der Waals surface area contributed by atoms with Crippen LogP contribution in [0.1, 0.15) is 13.3 Å². The van der Waals surface area contributed by atoms with Crippen LogP contribution in [0.5, 0.6) is 0 Å². The summed E-state index contributed by atoms with van der Waals surface area (Å²) in [6.07, 6.45) is 3.12. The fraction of sp³-hybridized carbons (Fsp3) is 0.545. The van der Waals surface area contributed by atoms with Gasteiger partial charge in [0.2, 0.25) is 0 Å². The van der Waals surface area contributed by atoms with Gasteiger partial charge < -0.3 is 10.6 Å². The zero-order chi connectivity index (χ0) is 11.0. The Balaban J connectivity index is 2.07. The number of halogens is 1. The van der Waals surface area contributed by atoms with Crippen LogP contribution >= 0.6 is 15.9 Å². The van der Waals surface area contributed by atoms with Gasteiger partial charge >= 0.3 is 0 Å². The van der Waals surface area contributed by atoms with Gasteiger partial charge in [0.15, 0.2) is 5.82 Å². The third kappa shape index (κ3) is 2.43. The van der Waals surface area contributed by atoms with Crippen LogP contribution < -0.4 is 10.6 Å². The average molecular weight is 270 g/mol. The second-order valence-electron chi connectivity index (χ2n) is 4.42. The smallest absolute Gasteiger partial charge is 0.151 e. The molecule has 15 heavy (non-hydrogen) atoms. The SMILES string of the molecule is CC1CC1CN(C)c1ncc(Br)cc1N. The predicted molar refractivity (Wildman–Crippen MR) is 66.9 cm³/mol. The lowest BCUT2D eigenvalue weighted by atomic mass is 10.3. The Hall–Kier alpha value is -0.770.